The molecule has 0 N–H and O–H groups in total. The molecule has 0 spiro atoms. The van der Waals surface area contributed by atoms with E-state index in [1.165, 1.54) is 29.2 Å². The van der Waals surface area contributed by atoms with Crippen LogP contribution in [0.4, 0.5) is 4.39 Å². The Kier molecular flexibility index (Phi) is 8.32. The lowest BCUT2D eigenvalue weighted by Gasteiger charge is -2.29. The van der Waals surface area contributed by atoms with E-state index >= 15 is 0 Å². The Bertz CT molecular complexity index is 1110. The molecule has 0 unspecified atom stereocenters. The number of furan rings is 1. The van der Waals surface area contributed by atoms with Crippen molar-refractivity contribution in [3.8, 4) is 0 Å². The lowest BCUT2D eigenvalue weighted by atomic mass is 10.1. The Hall–Kier alpha value is -3.45. The number of amides is 2. The number of benzene rings is 2. The van der Waals surface area contributed by atoms with E-state index in [1.807, 2.05) is 49.4 Å². The van der Waals surface area contributed by atoms with Crippen LogP contribution < -0.4 is 0 Å². The quantitative estimate of drug-likeness (QED) is 0.427. The Balaban J connectivity index is 1.51. The summed E-state index contributed by atoms with van der Waals surface area (Å²) in [6.07, 6.45) is 2.34. The lowest BCUT2D eigenvalue weighted by Crippen LogP contribution is -2.46. The maximum atomic E-state index is 13.5. The molecule has 3 aromatic rings. The van der Waals surface area contributed by atoms with Gasteiger partial charge >= 0.3 is 0 Å². The molecule has 7 heteroatoms. The van der Waals surface area contributed by atoms with E-state index in [2.05, 4.69) is 0 Å². The van der Waals surface area contributed by atoms with E-state index in [0.717, 1.165) is 24.2 Å². The molecule has 1 aliphatic rings. The Morgan fingerprint density at radius 2 is 1.77 bits per heavy atom. The van der Waals surface area contributed by atoms with Gasteiger partial charge in [-0.25, -0.2) is 4.39 Å². The molecule has 1 atom stereocenters. The van der Waals surface area contributed by atoms with Crippen molar-refractivity contribution in [1.82, 2.24) is 9.80 Å². The van der Waals surface area contributed by atoms with Gasteiger partial charge in [-0.1, -0.05) is 30.3 Å². The average Bonchev–Trinajstić information content (AvgIpc) is 3.53. The van der Waals surface area contributed by atoms with Crippen LogP contribution in [0.2, 0.25) is 0 Å². The number of rotatable bonds is 10. The average molecular weight is 479 g/mol. The predicted octanol–water partition coefficient (Wildman–Crippen LogP) is 4.62. The lowest BCUT2D eigenvalue weighted by molar-refractivity contribution is -0.133. The SMILES string of the molecule is Cc1ccc(CN(CCc2ccccc2)C(=O)CN(C[C@@H]2CCCO2)C(=O)c2ccc(F)cc2)o1. The van der Waals surface area contributed by atoms with Crippen molar-refractivity contribution in [3.63, 3.8) is 0 Å². The normalized spacial score (nSPS) is 15.2. The molecule has 1 fully saturated rings. The smallest absolute Gasteiger partial charge is 0.254 e. The number of ether oxygens (including phenoxy) is 1. The standard InChI is InChI=1S/C28H31FN2O4/c1-21-9-14-26(35-21)19-30(16-15-22-6-3-2-4-7-22)27(32)20-31(18-25-8-5-17-34-25)28(33)23-10-12-24(29)13-11-23/h2-4,6-7,9-14,25H,5,8,15-20H2,1H3/t25-/m0/s1. The molecule has 2 amide bonds. The molecule has 0 radical (unpaired) electrons. The monoisotopic (exact) mass is 478 g/mol. The van der Waals surface area contributed by atoms with Crippen molar-refractivity contribution in [2.45, 2.75) is 38.8 Å². The highest BCUT2D eigenvalue weighted by molar-refractivity contribution is 5.96. The second kappa shape index (κ2) is 11.8. The van der Waals surface area contributed by atoms with Gasteiger partial charge in [0.2, 0.25) is 5.91 Å². The second-order valence-electron chi connectivity index (χ2n) is 8.89. The molecule has 1 saturated heterocycles. The molecular weight excluding hydrogens is 447 g/mol. The number of carbonyl (C=O) groups is 2. The number of halogens is 1. The summed E-state index contributed by atoms with van der Waals surface area (Å²) in [6, 6.07) is 19.1. The van der Waals surface area contributed by atoms with Crippen molar-refractivity contribution < 1.29 is 23.1 Å². The molecule has 1 aromatic heterocycles. The molecule has 6 nitrogen and oxygen atoms in total. The first-order valence-electron chi connectivity index (χ1n) is 12.0. The van der Waals surface area contributed by atoms with Crippen molar-refractivity contribution in [1.29, 1.82) is 0 Å². The van der Waals surface area contributed by atoms with Crippen LogP contribution >= 0.6 is 0 Å². The van der Waals surface area contributed by atoms with E-state index in [4.69, 9.17) is 9.15 Å². The van der Waals surface area contributed by atoms with Gasteiger partial charge < -0.3 is 19.0 Å². The van der Waals surface area contributed by atoms with E-state index in [1.54, 1.807) is 4.90 Å². The van der Waals surface area contributed by atoms with Gasteiger partial charge in [0.05, 0.1) is 12.6 Å². The van der Waals surface area contributed by atoms with Gasteiger partial charge in [0.15, 0.2) is 0 Å². The van der Waals surface area contributed by atoms with Crippen LogP contribution in [-0.2, 0) is 22.5 Å². The Morgan fingerprint density at radius 1 is 1.00 bits per heavy atom. The van der Waals surface area contributed by atoms with Gasteiger partial charge in [-0.15, -0.1) is 0 Å². The highest BCUT2D eigenvalue weighted by atomic mass is 19.1. The van der Waals surface area contributed by atoms with Crippen molar-refractivity contribution >= 4 is 11.8 Å². The van der Waals surface area contributed by atoms with Gasteiger partial charge in [-0.3, -0.25) is 9.59 Å². The summed E-state index contributed by atoms with van der Waals surface area (Å²) in [5.41, 5.74) is 1.47. The topological polar surface area (TPSA) is 63.0 Å². The zero-order valence-corrected chi connectivity index (χ0v) is 20.0. The van der Waals surface area contributed by atoms with Gasteiger partial charge in [0, 0.05) is 25.3 Å². The van der Waals surface area contributed by atoms with Crippen LogP contribution in [0.25, 0.3) is 0 Å². The third kappa shape index (κ3) is 7.02. The maximum Gasteiger partial charge on any atom is 0.254 e. The van der Waals surface area contributed by atoms with Crippen LogP contribution in [0, 0.1) is 12.7 Å². The van der Waals surface area contributed by atoms with Crippen LogP contribution in [0.3, 0.4) is 0 Å². The predicted molar refractivity (Wildman–Crippen MR) is 130 cm³/mol. The molecule has 184 valence electrons. The van der Waals surface area contributed by atoms with Crippen LogP contribution in [0.5, 0.6) is 0 Å². The summed E-state index contributed by atoms with van der Waals surface area (Å²) in [4.78, 5) is 30.1. The van der Waals surface area contributed by atoms with E-state index < -0.39 is 5.82 Å². The molecule has 0 bridgehead atoms. The molecule has 35 heavy (non-hydrogen) atoms. The largest absolute Gasteiger partial charge is 0.464 e. The first kappa shape index (κ1) is 24.7. The molecule has 0 saturated carbocycles. The van der Waals surface area contributed by atoms with Crippen LogP contribution in [-0.4, -0.2) is 54.0 Å². The summed E-state index contributed by atoms with van der Waals surface area (Å²) >= 11 is 0. The third-order valence-electron chi connectivity index (χ3n) is 6.16. The van der Waals surface area contributed by atoms with E-state index in [0.29, 0.717) is 44.0 Å². The fraction of sp³-hybridized carbons (Fsp3) is 0.357. The van der Waals surface area contributed by atoms with Gasteiger partial charge in [0.1, 0.15) is 23.9 Å². The van der Waals surface area contributed by atoms with Crippen LogP contribution in [0.1, 0.15) is 40.3 Å². The third-order valence-corrected chi connectivity index (χ3v) is 6.16. The summed E-state index contributed by atoms with van der Waals surface area (Å²) in [6.45, 7) is 3.54. The minimum Gasteiger partial charge on any atom is -0.464 e. The zero-order valence-electron chi connectivity index (χ0n) is 20.0. The first-order valence-corrected chi connectivity index (χ1v) is 12.0. The molecule has 1 aliphatic heterocycles. The molecule has 4 rings (SSSR count). The zero-order chi connectivity index (χ0) is 24.6. The second-order valence-corrected chi connectivity index (χ2v) is 8.89. The van der Waals surface area contributed by atoms with Crippen molar-refractivity contribution in [2.75, 3.05) is 26.2 Å². The number of hydrogen-bond acceptors (Lipinski definition) is 4. The highest BCUT2D eigenvalue weighted by Crippen LogP contribution is 2.17. The molecular formula is C28H31FN2O4. The van der Waals surface area contributed by atoms with Crippen molar-refractivity contribution in [2.24, 2.45) is 0 Å². The van der Waals surface area contributed by atoms with Crippen LogP contribution in [0.15, 0.2) is 71.1 Å². The van der Waals surface area contributed by atoms with Gasteiger partial charge in [0.25, 0.3) is 5.91 Å². The molecule has 2 heterocycles. The number of carbonyl (C=O) groups excluding carboxylic acids is 2. The van der Waals surface area contributed by atoms with Gasteiger partial charge in [-0.05, 0) is 68.1 Å². The molecule has 2 aromatic carbocycles. The van der Waals surface area contributed by atoms with Crippen molar-refractivity contribution in [3.05, 3.63) is 95.2 Å². The number of nitrogens with zero attached hydrogens (tertiary/aromatic N) is 2. The minimum atomic E-state index is -0.413. The summed E-state index contributed by atoms with van der Waals surface area (Å²) < 4.78 is 24.9. The van der Waals surface area contributed by atoms with E-state index in [9.17, 15) is 14.0 Å². The van der Waals surface area contributed by atoms with Gasteiger partial charge in [-0.2, -0.15) is 0 Å². The maximum absolute atomic E-state index is 13.5. The minimum absolute atomic E-state index is 0.0927. The Morgan fingerprint density at radius 3 is 2.43 bits per heavy atom. The summed E-state index contributed by atoms with van der Waals surface area (Å²) in [7, 11) is 0. The first-order chi connectivity index (χ1) is 17.0. The molecule has 0 aliphatic carbocycles. The number of hydrogen-bond donors (Lipinski definition) is 0. The number of aryl methyl sites for hydroxylation is 1. The summed E-state index contributed by atoms with van der Waals surface area (Å²) in [5, 5.41) is 0. The fourth-order valence-electron chi connectivity index (χ4n) is 4.25. The highest BCUT2D eigenvalue weighted by Gasteiger charge is 2.27. The Labute approximate surface area is 205 Å². The van der Waals surface area contributed by atoms with E-state index in [-0.39, 0.29) is 24.5 Å². The summed E-state index contributed by atoms with van der Waals surface area (Å²) in [5.74, 6) is 0.569. The fourth-order valence-corrected chi connectivity index (χ4v) is 4.25.